The van der Waals surface area contributed by atoms with E-state index in [0.29, 0.717) is 5.75 Å². The molecule has 1 N–H and O–H groups in total. The van der Waals surface area contributed by atoms with E-state index in [1.807, 2.05) is 12.1 Å². The van der Waals surface area contributed by atoms with Crippen molar-refractivity contribution in [2.45, 2.75) is 13.3 Å². The van der Waals surface area contributed by atoms with Gasteiger partial charge in [-0.1, -0.05) is 13.0 Å². The average Bonchev–Trinajstić information content (AvgIpc) is 2.71. The summed E-state index contributed by atoms with van der Waals surface area (Å²) in [5, 5.41) is 9.68. The lowest BCUT2D eigenvalue weighted by molar-refractivity contribution is 0.477. The molecule has 0 atom stereocenters. The van der Waals surface area contributed by atoms with Crippen molar-refractivity contribution < 1.29 is 5.11 Å². The summed E-state index contributed by atoms with van der Waals surface area (Å²) >= 11 is 1.54. The van der Waals surface area contributed by atoms with Gasteiger partial charge in [-0.15, -0.1) is 11.3 Å². The smallest absolute Gasteiger partial charge is 0.124 e. The van der Waals surface area contributed by atoms with Crippen molar-refractivity contribution in [3.8, 4) is 16.2 Å². The third-order valence-electron chi connectivity index (χ3n) is 2.17. The predicted octanol–water partition coefficient (Wildman–Crippen LogP) is 3.08. The van der Waals surface area contributed by atoms with Crippen molar-refractivity contribution in [2.24, 2.45) is 0 Å². The summed E-state index contributed by atoms with van der Waals surface area (Å²) in [4.78, 5) is 5.01. The number of benzene rings is 1. The summed E-state index contributed by atoms with van der Waals surface area (Å²) in [6.07, 6.45) is 2.76. The largest absolute Gasteiger partial charge is 0.507 e. The Morgan fingerprint density at radius 1 is 1.43 bits per heavy atom. The van der Waals surface area contributed by atoms with Gasteiger partial charge in [0.1, 0.15) is 5.75 Å². The molecule has 3 heteroatoms. The summed E-state index contributed by atoms with van der Waals surface area (Å²) < 4.78 is 0. The zero-order valence-corrected chi connectivity index (χ0v) is 8.71. The molecule has 0 spiro atoms. The molecule has 1 heterocycles. The van der Waals surface area contributed by atoms with Gasteiger partial charge < -0.3 is 5.11 Å². The number of hydrogen-bond acceptors (Lipinski definition) is 3. The van der Waals surface area contributed by atoms with Gasteiger partial charge in [0.05, 0.1) is 10.4 Å². The van der Waals surface area contributed by atoms with E-state index in [-0.39, 0.29) is 0 Å². The highest BCUT2D eigenvalue weighted by Crippen LogP contribution is 2.32. The van der Waals surface area contributed by atoms with Crippen molar-refractivity contribution >= 4 is 11.3 Å². The molecule has 0 unspecified atom stereocenters. The molecule has 72 valence electrons. The van der Waals surface area contributed by atoms with Crippen molar-refractivity contribution in [2.75, 3.05) is 0 Å². The zero-order valence-electron chi connectivity index (χ0n) is 7.90. The monoisotopic (exact) mass is 205 g/mol. The number of nitrogens with zero attached hydrogens (tertiary/aromatic N) is 1. The Bertz CT molecular complexity index is 423. The highest BCUT2D eigenvalue weighted by molar-refractivity contribution is 7.13. The number of aromatic nitrogens is 1. The van der Waals surface area contributed by atoms with Crippen LogP contribution in [0.5, 0.6) is 5.75 Å². The van der Waals surface area contributed by atoms with Gasteiger partial charge in [0, 0.05) is 11.8 Å². The molecule has 0 fully saturated rings. The molecule has 2 aromatic rings. The van der Waals surface area contributed by atoms with E-state index in [9.17, 15) is 5.11 Å². The van der Waals surface area contributed by atoms with Crippen LogP contribution in [0.25, 0.3) is 10.4 Å². The lowest BCUT2D eigenvalue weighted by Crippen LogP contribution is -1.81. The van der Waals surface area contributed by atoms with E-state index in [0.717, 1.165) is 16.9 Å². The van der Waals surface area contributed by atoms with Gasteiger partial charge in [-0.25, -0.2) is 0 Å². The molecule has 0 radical (unpaired) electrons. The lowest BCUT2D eigenvalue weighted by atomic mass is 10.1. The Labute approximate surface area is 86.9 Å². The molecule has 14 heavy (non-hydrogen) atoms. The summed E-state index contributed by atoms with van der Waals surface area (Å²) in [5.74, 6) is 0.325. The molecule has 0 saturated heterocycles. The third kappa shape index (κ3) is 1.63. The van der Waals surface area contributed by atoms with E-state index in [4.69, 9.17) is 0 Å². The van der Waals surface area contributed by atoms with Crippen LogP contribution < -0.4 is 0 Å². The normalized spacial score (nSPS) is 10.4. The molecule has 0 bridgehead atoms. The van der Waals surface area contributed by atoms with E-state index in [1.165, 1.54) is 16.9 Å². The highest BCUT2D eigenvalue weighted by atomic mass is 32.1. The second kappa shape index (κ2) is 3.80. The molecule has 0 aliphatic rings. The number of aryl methyl sites for hydroxylation is 1. The number of phenolic OH excluding ortho intramolecular Hbond substituents is 1. The minimum Gasteiger partial charge on any atom is -0.507 e. The fourth-order valence-electron chi connectivity index (χ4n) is 1.35. The summed E-state index contributed by atoms with van der Waals surface area (Å²) in [5.41, 5.74) is 3.88. The summed E-state index contributed by atoms with van der Waals surface area (Å²) in [6, 6.07) is 5.70. The Hall–Kier alpha value is -1.35. The van der Waals surface area contributed by atoms with E-state index < -0.39 is 0 Å². The standard InChI is InChI=1S/C11H11NOS/c1-2-8-3-4-10(13)9(5-8)11-6-12-7-14-11/h3-7,13H,2H2,1H3. The number of phenols is 1. The van der Waals surface area contributed by atoms with Crippen LogP contribution >= 0.6 is 11.3 Å². The topological polar surface area (TPSA) is 33.1 Å². The maximum atomic E-state index is 9.68. The molecule has 0 saturated carbocycles. The molecule has 1 aromatic heterocycles. The number of hydrogen-bond donors (Lipinski definition) is 1. The van der Waals surface area contributed by atoms with E-state index >= 15 is 0 Å². The third-order valence-corrected chi connectivity index (χ3v) is 2.97. The zero-order chi connectivity index (χ0) is 9.97. The molecular weight excluding hydrogens is 194 g/mol. The number of rotatable bonds is 2. The van der Waals surface area contributed by atoms with Crippen LogP contribution in [0, 0.1) is 0 Å². The first kappa shape index (κ1) is 9.21. The first-order valence-corrected chi connectivity index (χ1v) is 5.40. The van der Waals surface area contributed by atoms with Crippen LogP contribution in [-0.4, -0.2) is 10.1 Å². The summed E-state index contributed by atoms with van der Waals surface area (Å²) in [6.45, 7) is 2.10. The molecule has 0 aliphatic carbocycles. The lowest BCUT2D eigenvalue weighted by Gasteiger charge is -2.03. The first-order valence-electron chi connectivity index (χ1n) is 4.52. The molecule has 1 aromatic carbocycles. The van der Waals surface area contributed by atoms with Crippen LogP contribution in [0.3, 0.4) is 0 Å². The van der Waals surface area contributed by atoms with E-state index in [2.05, 4.69) is 11.9 Å². The Kier molecular flexibility index (Phi) is 2.50. The van der Waals surface area contributed by atoms with E-state index in [1.54, 1.807) is 17.8 Å². The Balaban J connectivity index is 2.51. The van der Waals surface area contributed by atoms with Gasteiger partial charge in [0.25, 0.3) is 0 Å². The van der Waals surface area contributed by atoms with Crippen molar-refractivity contribution in [1.82, 2.24) is 4.98 Å². The van der Waals surface area contributed by atoms with Gasteiger partial charge in [-0.2, -0.15) is 0 Å². The van der Waals surface area contributed by atoms with Gasteiger partial charge >= 0.3 is 0 Å². The van der Waals surface area contributed by atoms with Gasteiger partial charge in [-0.05, 0) is 24.1 Å². The summed E-state index contributed by atoms with van der Waals surface area (Å²) in [7, 11) is 0. The average molecular weight is 205 g/mol. The number of aromatic hydroxyl groups is 1. The molecule has 2 rings (SSSR count). The van der Waals surface area contributed by atoms with Crippen LogP contribution in [0.1, 0.15) is 12.5 Å². The second-order valence-electron chi connectivity index (χ2n) is 3.07. The maximum absolute atomic E-state index is 9.68. The predicted molar refractivity (Wildman–Crippen MR) is 58.6 cm³/mol. The SMILES string of the molecule is CCc1ccc(O)c(-c2cncs2)c1. The van der Waals surface area contributed by atoms with Gasteiger partial charge in [-0.3, -0.25) is 4.98 Å². The molecule has 2 nitrogen and oxygen atoms in total. The highest BCUT2D eigenvalue weighted by Gasteiger charge is 2.05. The second-order valence-corrected chi connectivity index (χ2v) is 3.96. The van der Waals surface area contributed by atoms with Gasteiger partial charge in [0.2, 0.25) is 0 Å². The fraction of sp³-hybridized carbons (Fsp3) is 0.182. The minimum absolute atomic E-state index is 0.325. The molecular formula is C11H11NOS. The van der Waals surface area contributed by atoms with Crippen LogP contribution in [-0.2, 0) is 6.42 Å². The van der Waals surface area contributed by atoms with Crippen molar-refractivity contribution in [3.05, 3.63) is 35.5 Å². The maximum Gasteiger partial charge on any atom is 0.124 e. The number of thiazole rings is 1. The quantitative estimate of drug-likeness (QED) is 0.817. The first-order chi connectivity index (χ1) is 6.81. The molecule has 0 amide bonds. The minimum atomic E-state index is 0.325. The van der Waals surface area contributed by atoms with Gasteiger partial charge in [0.15, 0.2) is 0 Å². The van der Waals surface area contributed by atoms with Crippen LogP contribution in [0.15, 0.2) is 29.9 Å². The fourth-order valence-corrected chi connectivity index (χ4v) is 2.00. The van der Waals surface area contributed by atoms with Crippen molar-refractivity contribution in [3.63, 3.8) is 0 Å². The van der Waals surface area contributed by atoms with Crippen LogP contribution in [0.2, 0.25) is 0 Å². The Morgan fingerprint density at radius 2 is 2.29 bits per heavy atom. The molecule has 0 aliphatic heterocycles. The Morgan fingerprint density at radius 3 is 2.93 bits per heavy atom. The van der Waals surface area contributed by atoms with Crippen molar-refractivity contribution in [1.29, 1.82) is 0 Å². The van der Waals surface area contributed by atoms with Crippen LogP contribution in [0.4, 0.5) is 0 Å².